The Morgan fingerprint density at radius 2 is 2.47 bits per heavy atom. The molecule has 94 valence electrons. The lowest BCUT2D eigenvalue weighted by atomic mass is 10.0. The maximum absolute atomic E-state index is 5.39. The van der Waals surface area contributed by atoms with Crippen molar-refractivity contribution in [2.24, 2.45) is 5.92 Å². The molecular formula is C13H20N2O2. The predicted molar refractivity (Wildman–Crippen MR) is 67.4 cm³/mol. The second-order valence-electron chi connectivity index (χ2n) is 4.37. The Morgan fingerprint density at radius 3 is 3.06 bits per heavy atom. The molecule has 17 heavy (non-hydrogen) atoms. The first-order valence-corrected chi connectivity index (χ1v) is 6.22. The minimum absolute atomic E-state index is 0.414. The van der Waals surface area contributed by atoms with Crippen molar-refractivity contribution in [2.75, 3.05) is 25.1 Å². The first kappa shape index (κ1) is 12.2. The molecule has 1 fully saturated rings. The van der Waals surface area contributed by atoms with Gasteiger partial charge < -0.3 is 14.8 Å². The summed E-state index contributed by atoms with van der Waals surface area (Å²) in [6.45, 7) is 6.54. The first-order valence-electron chi connectivity index (χ1n) is 6.22. The molecule has 0 saturated carbocycles. The molecule has 2 rings (SSSR count). The summed E-state index contributed by atoms with van der Waals surface area (Å²) >= 11 is 0. The molecule has 1 aromatic rings. The summed E-state index contributed by atoms with van der Waals surface area (Å²) < 4.78 is 10.7. The number of anilines is 1. The topological polar surface area (TPSA) is 43.4 Å². The highest BCUT2D eigenvalue weighted by Crippen LogP contribution is 2.20. The fraction of sp³-hybridized carbons (Fsp3) is 0.615. The van der Waals surface area contributed by atoms with Gasteiger partial charge >= 0.3 is 0 Å². The number of nitrogens with one attached hydrogen (secondary N) is 1. The molecular weight excluding hydrogens is 216 g/mol. The quantitative estimate of drug-likeness (QED) is 0.852. The van der Waals surface area contributed by atoms with E-state index in [1.54, 1.807) is 0 Å². The van der Waals surface area contributed by atoms with Gasteiger partial charge in [-0.3, -0.25) is 0 Å². The molecule has 0 spiro atoms. The van der Waals surface area contributed by atoms with Gasteiger partial charge in [0, 0.05) is 24.6 Å². The van der Waals surface area contributed by atoms with E-state index in [1.165, 1.54) is 0 Å². The van der Waals surface area contributed by atoms with E-state index in [-0.39, 0.29) is 0 Å². The molecule has 2 unspecified atom stereocenters. The predicted octanol–water partition coefficient (Wildman–Crippen LogP) is 2.32. The van der Waals surface area contributed by atoms with Crippen molar-refractivity contribution in [1.82, 2.24) is 4.98 Å². The van der Waals surface area contributed by atoms with E-state index in [9.17, 15) is 0 Å². The highest BCUT2D eigenvalue weighted by atomic mass is 16.5. The molecule has 0 aromatic carbocycles. The zero-order valence-corrected chi connectivity index (χ0v) is 10.5. The van der Waals surface area contributed by atoms with E-state index in [0.29, 0.717) is 24.4 Å². The van der Waals surface area contributed by atoms with Gasteiger partial charge in [-0.25, -0.2) is 4.98 Å². The van der Waals surface area contributed by atoms with Crippen molar-refractivity contribution < 1.29 is 9.47 Å². The minimum atomic E-state index is 0.414. The van der Waals surface area contributed by atoms with Gasteiger partial charge in [0.2, 0.25) is 5.88 Å². The molecule has 2 atom stereocenters. The number of hydrogen-bond donors (Lipinski definition) is 1. The molecule has 0 aliphatic carbocycles. The normalized spacial score (nSPS) is 21.2. The van der Waals surface area contributed by atoms with Gasteiger partial charge in [-0.05, 0) is 26.3 Å². The number of aromatic nitrogens is 1. The molecule has 4 nitrogen and oxygen atoms in total. The lowest BCUT2D eigenvalue weighted by molar-refractivity contribution is 0.183. The summed E-state index contributed by atoms with van der Waals surface area (Å²) in [6, 6.07) is 4.31. The van der Waals surface area contributed by atoms with E-state index in [1.807, 2.05) is 25.3 Å². The summed E-state index contributed by atoms with van der Waals surface area (Å²) in [4.78, 5) is 4.23. The second-order valence-corrected chi connectivity index (χ2v) is 4.37. The van der Waals surface area contributed by atoms with Crippen LogP contribution in [0.4, 0.5) is 5.69 Å². The van der Waals surface area contributed by atoms with E-state index < -0.39 is 0 Å². The standard InChI is InChI=1S/C13H20N2O2/c1-3-17-13-5-4-12(8-14-13)15-10(2)11-6-7-16-9-11/h4-5,8,10-11,15H,3,6-7,9H2,1-2H3. The largest absolute Gasteiger partial charge is 0.478 e. The van der Waals surface area contributed by atoms with Crippen LogP contribution in [0, 0.1) is 5.92 Å². The van der Waals surface area contributed by atoms with Crippen LogP contribution in [-0.2, 0) is 4.74 Å². The Hall–Kier alpha value is -1.29. The van der Waals surface area contributed by atoms with Gasteiger partial charge in [-0.15, -0.1) is 0 Å². The van der Waals surface area contributed by atoms with E-state index in [4.69, 9.17) is 9.47 Å². The first-order chi connectivity index (χ1) is 8.29. The molecule has 2 heterocycles. The van der Waals surface area contributed by atoms with Crippen LogP contribution < -0.4 is 10.1 Å². The van der Waals surface area contributed by atoms with Crippen molar-refractivity contribution in [3.05, 3.63) is 18.3 Å². The summed E-state index contributed by atoms with van der Waals surface area (Å²) in [5, 5.41) is 3.46. The van der Waals surface area contributed by atoms with Gasteiger partial charge in [-0.1, -0.05) is 0 Å². The third-order valence-corrected chi connectivity index (χ3v) is 3.09. The second kappa shape index (κ2) is 5.87. The highest BCUT2D eigenvalue weighted by molar-refractivity contribution is 5.43. The molecule has 1 aromatic heterocycles. The van der Waals surface area contributed by atoms with Crippen LogP contribution >= 0.6 is 0 Å². The Kier molecular flexibility index (Phi) is 4.20. The third kappa shape index (κ3) is 3.33. The van der Waals surface area contributed by atoms with Gasteiger partial charge in [0.25, 0.3) is 0 Å². The third-order valence-electron chi connectivity index (χ3n) is 3.09. The minimum Gasteiger partial charge on any atom is -0.478 e. The molecule has 1 saturated heterocycles. The lowest BCUT2D eigenvalue weighted by Gasteiger charge is -2.20. The van der Waals surface area contributed by atoms with Crippen LogP contribution in [0.25, 0.3) is 0 Å². The SMILES string of the molecule is CCOc1ccc(NC(C)C2CCOC2)cn1. The number of ether oxygens (including phenoxy) is 2. The maximum Gasteiger partial charge on any atom is 0.213 e. The van der Waals surface area contributed by atoms with Crippen molar-refractivity contribution in [1.29, 1.82) is 0 Å². The van der Waals surface area contributed by atoms with Crippen molar-refractivity contribution in [3.8, 4) is 5.88 Å². The smallest absolute Gasteiger partial charge is 0.213 e. The van der Waals surface area contributed by atoms with Crippen LogP contribution in [0.3, 0.4) is 0 Å². The summed E-state index contributed by atoms with van der Waals surface area (Å²) in [5.74, 6) is 1.27. The van der Waals surface area contributed by atoms with Crippen LogP contribution in [-0.4, -0.2) is 30.8 Å². The molecule has 4 heteroatoms. The number of hydrogen-bond acceptors (Lipinski definition) is 4. The Labute approximate surface area is 102 Å². The van der Waals surface area contributed by atoms with E-state index in [0.717, 1.165) is 25.3 Å². The molecule has 1 N–H and O–H groups in total. The zero-order valence-electron chi connectivity index (χ0n) is 10.5. The molecule has 0 bridgehead atoms. The maximum atomic E-state index is 5.39. The highest BCUT2D eigenvalue weighted by Gasteiger charge is 2.21. The van der Waals surface area contributed by atoms with Crippen LogP contribution in [0.5, 0.6) is 5.88 Å². The van der Waals surface area contributed by atoms with Crippen LogP contribution in [0.1, 0.15) is 20.3 Å². The monoisotopic (exact) mass is 236 g/mol. The zero-order chi connectivity index (χ0) is 12.1. The Morgan fingerprint density at radius 1 is 1.59 bits per heavy atom. The van der Waals surface area contributed by atoms with Crippen LogP contribution in [0.2, 0.25) is 0 Å². The Bertz CT molecular complexity index is 334. The van der Waals surface area contributed by atoms with Crippen molar-refractivity contribution in [2.45, 2.75) is 26.3 Å². The van der Waals surface area contributed by atoms with Gasteiger partial charge in [-0.2, -0.15) is 0 Å². The number of nitrogens with zero attached hydrogens (tertiary/aromatic N) is 1. The van der Waals surface area contributed by atoms with Gasteiger partial charge in [0.1, 0.15) is 0 Å². The molecule has 1 aliphatic rings. The average Bonchev–Trinajstić information content (AvgIpc) is 2.86. The van der Waals surface area contributed by atoms with Gasteiger partial charge in [0.05, 0.1) is 25.1 Å². The van der Waals surface area contributed by atoms with Crippen molar-refractivity contribution >= 4 is 5.69 Å². The molecule has 1 aliphatic heterocycles. The van der Waals surface area contributed by atoms with Gasteiger partial charge in [0.15, 0.2) is 0 Å². The summed E-state index contributed by atoms with van der Waals surface area (Å²) in [5.41, 5.74) is 1.04. The summed E-state index contributed by atoms with van der Waals surface area (Å²) in [7, 11) is 0. The van der Waals surface area contributed by atoms with E-state index >= 15 is 0 Å². The molecule has 0 radical (unpaired) electrons. The molecule has 0 amide bonds. The van der Waals surface area contributed by atoms with Crippen molar-refractivity contribution in [3.63, 3.8) is 0 Å². The van der Waals surface area contributed by atoms with E-state index in [2.05, 4.69) is 17.2 Å². The number of rotatable bonds is 5. The van der Waals surface area contributed by atoms with Crippen LogP contribution in [0.15, 0.2) is 18.3 Å². The Balaban J connectivity index is 1.89. The average molecular weight is 236 g/mol. The fourth-order valence-electron chi connectivity index (χ4n) is 2.03. The summed E-state index contributed by atoms with van der Waals surface area (Å²) in [6.07, 6.45) is 2.95. The fourth-order valence-corrected chi connectivity index (χ4v) is 2.03. The number of pyridine rings is 1. The lowest BCUT2D eigenvalue weighted by Crippen LogP contribution is -2.26.